The molecule has 1 aliphatic heterocycles. The fourth-order valence-electron chi connectivity index (χ4n) is 5.73. The fourth-order valence-corrected chi connectivity index (χ4v) is 7.09. The monoisotopic (exact) mass is 528 g/mol. The summed E-state index contributed by atoms with van der Waals surface area (Å²) in [6.45, 7) is 4.93. The predicted octanol–water partition coefficient (Wildman–Crippen LogP) is 10.7. The largest absolute Gasteiger partial charge is 0.328 e. The van der Waals surface area contributed by atoms with Gasteiger partial charge in [-0.3, -0.25) is 0 Å². The lowest BCUT2D eigenvalue weighted by molar-refractivity contribution is -0.890. The summed E-state index contributed by atoms with van der Waals surface area (Å²) in [5.41, 5.74) is 2.98. The maximum Gasteiger partial charge on any atom is 0.0782 e. The van der Waals surface area contributed by atoms with Gasteiger partial charge in [0.15, 0.2) is 0 Å². The standard InChI is InChI=1S/C33H51ClNS/c1-4-5-6-7-8-9-10-11-12-16-25-35(2,3)26-17-15-18-28-21-22-29-27-30(34)23-24-32(29)36-33-20-14-13-19-31(28)33/h13-14,19-20,23-24,27-28H,4-12,15-18,21-22,25-26H2,1-3H3/q+1. The Labute approximate surface area is 232 Å². The van der Waals surface area contributed by atoms with E-state index in [-0.39, 0.29) is 0 Å². The Morgan fingerprint density at radius 3 is 2.14 bits per heavy atom. The molecule has 3 rings (SSSR count). The molecule has 0 amide bonds. The molecule has 2 aromatic rings. The van der Waals surface area contributed by atoms with Crippen LogP contribution in [-0.4, -0.2) is 31.7 Å². The molecule has 1 nitrogen and oxygen atoms in total. The zero-order valence-corrected chi connectivity index (χ0v) is 24.9. The minimum atomic E-state index is 0.651. The number of fused-ring (bicyclic) bond motifs is 2. The van der Waals surface area contributed by atoms with Crippen LogP contribution in [0.25, 0.3) is 0 Å². The molecule has 1 atom stereocenters. The number of hydrogen-bond acceptors (Lipinski definition) is 1. The molecule has 0 radical (unpaired) electrons. The number of aryl methyl sites for hydroxylation is 1. The van der Waals surface area contributed by atoms with E-state index in [4.69, 9.17) is 11.6 Å². The van der Waals surface area contributed by atoms with Crippen LogP contribution in [0.2, 0.25) is 5.02 Å². The van der Waals surface area contributed by atoms with Gasteiger partial charge in [0.1, 0.15) is 0 Å². The van der Waals surface area contributed by atoms with Crippen LogP contribution in [-0.2, 0) is 6.42 Å². The lowest BCUT2D eigenvalue weighted by Gasteiger charge is -2.30. The number of rotatable bonds is 16. The predicted molar refractivity (Wildman–Crippen MR) is 161 cm³/mol. The molecule has 0 saturated carbocycles. The summed E-state index contributed by atoms with van der Waals surface area (Å²) in [4.78, 5) is 2.80. The molecule has 1 aliphatic rings. The first-order chi connectivity index (χ1) is 17.5. The third-order valence-electron chi connectivity index (χ3n) is 8.05. The zero-order valence-electron chi connectivity index (χ0n) is 23.4. The van der Waals surface area contributed by atoms with E-state index >= 15 is 0 Å². The molecule has 0 N–H and O–H groups in total. The number of benzene rings is 2. The van der Waals surface area contributed by atoms with Crippen molar-refractivity contribution in [2.45, 2.75) is 119 Å². The van der Waals surface area contributed by atoms with Crippen LogP contribution in [0.4, 0.5) is 0 Å². The van der Waals surface area contributed by atoms with Gasteiger partial charge in [-0.2, -0.15) is 0 Å². The quantitative estimate of drug-likeness (QED) is 0.154. The summed E-state index contributed by atoms with van der Waals surface area (Å²) in [5.74, 6) is 0.651. The van der Waals surface area contributed by atoms with Gasteiger partial charge in [0.2, 0.25) is 0 Å². The van der Waals surface area contributed by atoms with E-state index in [1.165, 1.54) is 123 Å². The van der Waals surface area contributed by atoms with Crippen molar-refractivity contribution in [3.05, 3.63) is 58.6 Å². The first kappa shape index (κ1) is 29.6. The van der Waals surface area contributed by atoms with Gasteiger partial charge in [-0.05, 0) is 86.3 Å². The Hall–Kier alpha value is -0.960. The van der Waals surface area contributed by atoms with Gasteiger partial charge in [0, 0.05) is 14.8 Å². The van der Waals surface area contributed by atoms with Crippen molar-refractivity contribution in [1.29, 1.82) is 0 Å². The number of unbranched alkanes of at least 4 members (excludes halogenated alkanes) is 10. The highest BCUT2D eigenvalue weighted by molar-refractivity contribution is 7.99. The molecule has 0 bridgehead atoms. The summed E-state index contributed by atoms with van der Waals surface area (Å²) in [5, 5.41) is 0.863. The Morgan fingerprint density at radius 1 is 0.778 bits per heavy atom. The van der Waals surface area contributed by atoms with Crippen LogP contribution in [0.1, 0.15) is 114 Å². The molecule has 1 heterocycles. The summed E-state index contributed by atoms with van der Waals surface area (Å²) >= 11 is 8.26. The van der Waals surface area contributed by atoms with E-state index in [9.17, 15) is 0 Å². The topological polar surface area (TPSA) is 0 Å². The van der Waals surface area contributed by atoms with Crippen LogP contribution in [0.5, 0.6) is 0 Å². The molecule has 1 unspecified atom stereocenters. The summed E-state index contributed by atoms with van der Waals surface area (Å²) in [6, 6.07) is 15.5. The van der Waals surface area contributed by atoms with Crippen molar-refractivity contribution < 1.29 is 4.48 Å². The van der Waals surface area contributed by atoms with Crippen LogP contribution in [0, 0.1) is 0 Å². The molecule has 0 fully saturated rings. The second-order valence-corrected chi connectivity index (χ2v) is 13.2. The lowest BCUT2D eigenvalue weighted by atomic mass is 9.87. The van der Waals surface area contributed by atoms with E-state index in [1.807, 2.05) is 17.8 Å². The van der Waals surface area contributed by atoms with Crippen LogP contribution in [0.15, 0.2) is 52.3 Å². The number of halogens is 1. The number of nitrogens with zero attached hydrogens (tertiary/aromatic N) is 1. The zero-order chi connectivity index (χ0) is 25.6. The van der Waals surface area contributed by atoms with Gasteiger partial charge >= 0.3 is 0 Å². The summed E-state index contributed by atoms with van der Waals surface area (Å²) in [7, 11) is 4.88. The van der Waals surface area contributed by atoms with E-state index in [2.05, 4.69) is 57.4 Å². The lowest BCUT2D eigenvalue weighted by Crippen LogP contribution is -2.41. The highest BCUT2D eigenvalue weighted by atomic mass is 35.5. The molecular weight excluding hydrogens is 478 g/mol. The molecule has 3 heteroatoms. The van der Waals surface area contributed by atoms with E-state index in [1.54, 1.807) is 5.56 Å². The van der Waals surface area contributed by atoms with Crippen molar-refractivity contribution >= 4 is 23.4 Å². The van der Waals surface area contributed by atoms with Crippen LogP contribution >= 0.6 is 23.4 Å². The molecule has 0 aromatic heterocycles. The average molecular weight is 529 g/mol. The third kappa shape index (κ3) is 10.4. The highest BCUT2D eigenvalue weighted by Crippen LogP contribution is 2.42. The van der Waals surface area contributed by atoms with Crippen LogP contribution < -0.4 is 0 Å². The van der Waals surface area contributed by atoms with Gasteiger partial charge in [0.25, 0.3) is 0 Å². The first-order valence-corrected chi connectivity index (χ1v) is 16.0. The fraction of sp³-hybridized carbons (Fsp3) is 0.636. The minimum Gasteiger partial charge on any atom is -0.328 e. The maximum absolute atomic E-state index is 6.33. The second kappa shape index (κ2) is 16.1. The minimum absolute atomic E-state index is 0.651. The Balaban J connectivity index is 1.36. The van der Waals surface area contributed by atoms with Crippen LogP contribution in [0.3, 0.4) is 0 Å². The Kier molecular flexibility index (Phi) is 13.2. The molecule has 0 saturated heterocycles. The second-order valence-electron chi connectivity index (χ2n) is 11.7. The van der Waals surface area contributed by atoms with Gasteiger partial charge < -0.3 is 4.48 Å². The van der Waals surface area contributed by atoms with E-state index in [0.717, 1.165) is 11.4 Å². The van der Waals surface area contributed by atoms with Crippen molar-refractivity contribution in [3.63, 3.8) is 0 Å². The molecule has 0 spiro atoms. The van der Waals surface area contributed by atoms with Gasteiger partial charge in [-0.15, -0.1) is 0 Å². The maximum atomic E-state index is 6.33. The summed E-state index contributed by atoms with van der Waals surface area (Å²) in [6.07, 6.45) is 20.5. The first-order valence-electron chi connectivity index (χ1n) is 14.9. The van der Waals surface area contributed by atoms with E-state index < -0.39 is 0 Å². The molecule has 2 aromatic carbocycles. The Bertz CT molecular complexity index is 893. The van der Waals surface area contributed by atoms with Crippen molar-refractivity contribution in [2.75, 3.05) is 27.2 Å². The SMILES string of the molecule is CCCCCCCCCCCC[N+](C)(C)CCCCC1CCc2cc(Cl)ccc2Sc2ccccc21. The van der Waals surface area contributed by atoms with Gasteiger partial charge in [-0.25, -0.2) is 0 Å². The van der Waals surface area contributed by atoms with Crippen molar-refractivity contribution in [1.82, 2.24) is 0 Å². The number of quaternary nitrogens is 1. The third-order valence-corrected chi connectivity index (χ3v) is 9.49. The van der Waals surface area contributed by atoms with Crippen molar-refractivity contribution in [2.24, 2.45) is 0 Å². The Morgan fingerprint density at radius 2 is 1.42 bits per heavy atom. The number of hydrogen-bond donors (Lipinski definition) is 0. The molecule has 0 aliphatic carbocycles. The highest BCUT2D eigenvalue weighted by Gasteiger charge is 2.21. The molecule has 200 valence electrons. The van der Waals surface area contributed by atoms with E-state index in [0.29, 0.717) is 5.92 Å². The smallest absolute Gasteiger partial charge is 0.0782 e. The normalized spacial score (nSPS) is 15.7. The van der Waals surface area contributed by atoms with Gasteiger partial charge in [0.05, 0.1) is 27.2 Å². The van der Waals surface area contributed by atoms with Crippen molar-refractivity contribution in [3.8, 4) is 0 Å². The summed E-state index contributed by atoms with van der Waals surface area (Å²) < 4.78 is 1.18. The molecular formula is C33H51ClNS+. The van der Waals surface area contributed by atoms with Gasteiger partial charge in [-0.1, -0.05) is 99.9 Å². The average Bonchev–Trinajstić information content (AvgIpc) is 2.85. The molecule has 36 heavy (non-hydrogen) atoms.